The van der Waals surface area contributed by atoms with Gasteiger partial charge < -0.3 is 18.4 Å². The highest BCUT2D eigenvalue weighted by Gasteiger charge is 2.25. The summed E-state index contributed by atoms with van der Waals surface area (Å²) in [5.41, 5.74) is 0.542. The summed E-state index contributed by atoms with van der Waals surface area (Å²) in [4.78, 5) is 4.47. The van der Waals surface area contributed by atoms with E-state index in [0.717, 1.165) is 0 Å². The van der Waals surface area contributed by atoms with Gasteiger partial charge in [-0.1, -0.05) is 37.7 Å². The first-order valence-corrected chi connectivity index (χ1v) is 9.26. The van der Waals surface area contributed by atoms with Crippen LogP contribution in [0, 0.1) is 0 Å². The molecule has 0 saturated heterocycles. The first-order chi connectivity index (χ1) is 12.8. The van der Waals surface area contributed by atoms with Crippen molar-refractivity contribution in [2.24, 2.45) is 0 Å². The number of rotatable bonds is 6. The first-order valence-electron chi connectivity index (χ1n) is 8.38. The zero-order valence-electron chi connectivity index (χ0n) is 16.1. The molecule has 0 N–H and O–H groups in total. The molecule has 0 bridgehead atoms. The van der Waals surface area contributed by atoms with E-state index in [0.29, 0.717) is 39.9 Å². The van der Waals surface area contributed by atoms with Crippen molar-refractivity contribution in [2.45, 2.75) is 43.6 Å². The largest absolute Gasteiger partial charge is 0.497 e. The molecule has 3 rings (SSSR count). The number of benzene rings is 1. The van der Waals surface area contributed by atoms with Crippen LogP contribution in [0.1, 0.15) is 44.7 Å². The monoisotopic (exact) mass is 390 g/mol. The van der Waals surface area contributed by atoms with Gasteiger partial charge in [-0.15, -0.1) is 10.2 Å². The Bertz CT molecular complexity index is 894. The summed E-state index contributed by atoms with van der Waals surface area (Å²) in [7, 11) is 3.18. The molecule has 8 nitrogen and oxygen atoms in total. The van der Waals surface area contributed by atoms with E-state index in [1.807, 2.05) is 39.8 Å². The molecule has 27 heavy (non-hydrogen) atoms. The molecule has 0 aliphatic heterocycles. The highest BCUT2D eigenvalue weighted by Crippen LogP contribution is 2.36. The summed E-state index contributed by atoms with van der Waals surface area (Å²) in [5, 5.41) is 12.5. The Morgan fingerprint density at radius 2 is 1.70 bits per heavy atom. The van der Waals surface area contributed by atoms with Gasteiger partial charge in [0, 0.05) is 17.0 Å². The van der Waals surface area contributed by atoms with Crippen molar-refractivity contribution >= 4 is 11.8 Å². The molecule has 0 amide bonds. The van der Waals surface area contributed by atoms with Crippen molar-refractivity contribution in [1.29, 1.82) is 0 Å². The number of ether oxygens (including phenoxy) is 2. The van der Waals surface area contributed by atoms with Crippen LogP contribution in [0.25, 0.3) is 11.5 Å². The zero-order chi connectivity index (χ0) is 19.6. The maximum atomic E-state index is 5.77. The fourth-order valence-corrected chi connectivity index (χ4v) is 2.93. The average Bonchev–Trinajstić information content (AvgIpc) is 3.30. The molecule has 9 heteroatoms. The van der Waals surface area contributed by atoms with Gasteiger partial charge in [-0.2, -0.15) is 4.98 Å². The lowest BCUT2D eigenvalue weighted by Gasteiger charge is -2.11. The lowest BCUT2D eigenvalue weighted by Crippen LogP contribution is -2.13. The van der Waals surface area contributed by atoms with Crippen LogP contribution < -0.4 is 9.47 Å². The highest BCUT2D eigenvalue weighted by molar-refractivity contribution is 7.99. The van der Waals surface area contributed by atoms with E-state index >= 15 is 0 Å². The molecule has 0 saturated carbocycles. The third-order valence-electron chi connectivity index (χ3n) is 3.74. The molecule has 0 radical (unpaired) electrons. The second-order valence-electron chi connectivity index (χ2n) is 6.94. The number of nitrogens with zero attached hydrogens (tertiary/aromatic N) is 4. The summed E-state index contributed by atoms with van der Waals surface area (Å²) in [6.45, 7) is 8.05. The van der Waals surface area contributed by atoms with Crippen molar-refractivity contribution in [3.63, 3.8) is 0 Å². The van der Waals surface area contributed by atoms with Gasteiger partial charge in [-0.25, -0.2) is 0 Å². The minimum Gasteiger partial charge on any atom is -0.497 e. The molecule has 144 valence electrons. The lowest BCUT2D eigenvalue weighted by molar-refractivity contribution is 0.363. The predicted molar refractivity (Wildman–Crippen MR) is 100 cm³/mol. The third-order valence-corrected chi connectivity index (χ3v) is 4.66. The van der Waals surface area contributed by atoms with E-state index in [9.17, 15) is 0 Å². The van der Waals surface area contributed by atoms with Gasteiger partial charge in [-0.3, -0.25) is 0 Å². The second-order valence-corrected chi connectivity index (χ2v) is 8.23. The standard InChI is InChI=1S/C18H22N4O4S/c1-10(14-19-16(22-26-14)18(2,3)4)27-17-21-20-15(25-17)11-7-12(23-5)9-13(8-11)24-6/h7-10H,1-6H3. The fraction of sp³-hybridized carbons (Fsp3) is 0.444. The topological polar surface area (TPSA) is 96.3 Å². The van der Waals surface area contributed by atoms with Crippen LogP contribution >= 0.6 is 11.8 Å². The van der Waals surface area contributed by atoms with Gasteiger partial charge in [0.2, 0.25) is 11.8 Å². The fourth-order valence-electron chi connectivity index (χ4n) is 2.21. The number of hydrogen-bond donors (Lipinski definition) is 0. The minimum absolute atomic E-state index is 0.123. The third kappa shape index (κ3) is 4.41. The van der Waals surface area contributed by atoms with E-state index in [2.05, 4.69) is 20.3 Å². The highest BCUT2D eigenvalue weighted by atomic mass is 32.2. The summed E-state index contributed by atoms with van der Waals surface area (Å²) < 4.78 is 21.7. The number of methoxy groups -OCH3 is 2. The summed E-state index contributed by atoms with van der Waals surface area (Å²) in [6, 6.07) is 5.39. The van der Waals surface area contributed by atoms with E-state index in [1.54, 1.807) is 20.3 Å². The molecule has 3 aromatic rings. The number of thioether (sulfide) groups is 1. The normalized spacial score (nSPS) is 12.8. The van der Waals surface area contributed by atoms with Crippen molar-refractivity contribution in [3.8, 4) is 23.0 Å². The van der Waals surface area contributed by atoms with Crippen molar-refractivity contribution in [1.82, 2.24) is 20.3 Å². The van der Waals surface area contributed by atoms with Crippen LogP contribution in [-0.2, 0) is 5.41 Å². The molecular weight excluding hydrogens is 368 g/mol. The van der Waals surface area contributed by atoms with Gasteiger partial charge >= 0.3 is 0 Å². The summed E-state index contributed by atoms with van der Waals surface area (Å²) in [5.74, 6) is 2.85. The lowest BCUT2D eigenvalue weighted by atomic mass is 9.96. The molecule has 0 spiro atoms. The summed E-state index contributed by atoms with van der Waals surface area (Å²) in [6.07, 6.45) is 0. The van der Waals surface area contributed by atoms with Gasteiger partial charge in [0.05, 0.1) is 19.5 Å². The Morgan fingerprint density at radius 1 is 1.04 bits per heavy atom. The van der Waals surface area contributed by atoms with Crippen LogP contribution in [0.2, 0.25) is 0 Å². The van der Waals surface area contributed by atoms with E-state index < -0.39 is 0 Å². The quantitative estimate of drug-likeness (QED) is 0.571. The van der Waals surface area contributed by atoms with Gasteiger partial charge in [0.1, 0.15) is 11.5 Å². The second kappa shape index (κ2) is 7.59. The Hall–Kier alpha value is -2.55. The molecule has 0 aliphatic carbocycles. The van der Waals surface area contributed by atoms with Crippen molar-refractivity contribution in [3.05, 3.63) is 29.9 Å². The average molecular weight is 390 g/mol. The van der Waals surface area contributed by atoms with Crippen molar-refractivity contribution < 1.29 is 18.4 Å². The van der Waals surface area contributed by atoms with Crippen LogP contribution in [-0.4, -0.2) is 34.6 Å². The molecular formula is C18H22N4O4S. The van der Waals surface area contributed by atoms with Gasteiger partial charge in [0.15, 0.2) is 5.82 Å². The number of hydrogen-bond acceptors (Lipinski definition) is 9. The van der Waals surface area contributed by atoms with E-state index in [-0.39, 0.29) is 10.7 Å². The Balaban J connectivity index is 1.77. The maximum Gasteiger partial charge on any atom is 0.277 e. The molecule has 1 aromatic carbocycles. The van der Waals surface area contributed by atoms with Crippen LogP contribution in [0.3, 0.4) is 0 Å². The molecule has 0 aliphatic rings. The van der Waals surface area contributed by atoms with Gasteiger partial charge in [0.25, 0.3) is 5.22 Å². The Labute approximate surface area is 161 Å². The molecule has 1 unspecified atom stereocenters. The Kier molecular flexibility index (Phi) is 5.41. The smallest absolute Gasteiger partial charge is 0.277 e. The minimum atomic E-state index is -0.171. The SMILES string of the molecule is COc1cc(OC)cc(-c2nnc(SC(C)c3nc(C(C)(C)C)no3)o2)c1. The van der Waals surface area contributed by atoms with Crippen LogP contribution in [0.15, 0.2) is 32.4 Å². The van der Waals surface area contributed by atoms with Crippen LogP contribution in [0.4, 0.5) is 0 Å². The zero-order valence-corrected chi connectivity index (χ0v) is 17.0. The van der Waals surface area contributed by atoms with E-state index in [4.69, 9.17) is 18.4 Å². The van der Waals surface area contributed by atoms with E-state index in [1.165, 1.54) is 11.8 Å². The predicted octanol–water partition coefficient (Wildman–Crippen LogP) is 4.29. The maximum absolute atomic E-state index is 5.77. The van der Waals surface area contributed by atoms with Crippen LogP contribution in [0.5, 0.6) is 11.5 Å². The summed E-state index contributed by atoms with van der Waals surface area (Å²) >= 11 is 1.36. The van der Waals surface area contributed by atoms with Crippen molar-refractivity contribution in [2.75, 3.05) is 14.2 Å². The first kappa shape index (κ1) is 19.2. The van der Waals surface area contributed by atoms with Gasteiger partial charge in [-0.05, 0) is 19.1 Å². The Morgan fingerprint density at radius 3 is 2.26 bits per heavy atom. The molecule has 2 aromatic heterocycles. The number of aromatic nitrogens is 4. The molecule has 0 fully saturated rings. The molecule has 1 atom stereocenters. The molecule has 2 heterocycles.